The van der Waals surface area contributed by atoms with Gasteiger partial charge in [0.05, 0.1) is 11.7 Å². The fraction of sp³-hybridized carbons (Fsp3) is 0.231. The Morgan fingerprint density at radius 2 is 1.73 bits per heavy atom. The second-order valence-corrected chi connectivity index (χ2v) is 8.41. The maximum atomic E-state index is 13.5. The number of halogens is 1. The normalized spacial score (nSPS) is 20.4. The van der Waals surface area contributed by atoms with Gasteiger partial charge in [-0.3, -0.25) is 14.7 Å². The van der Waals surface area contributed by atoms with Gasteiger partial charge in [0.25, 0.3) is 0 Å². The summed E-state index contributed by atoms with van der Waals surface area (Å²) in [4.78, 5) is 20.2. The van der Waals surface area contributed by atoms with Gasteiger partial charge in [-0.2, -0.15) is 0 Å². The van der Waals surface area contributed by atoms with E-state index in [1.165, 1.54) is 12.1 Å². The molecule has 0 N–H and O–H groups in total. The molecule has 4 rings (SSSR count). The van der Waals surface area contributed by atoms with E-state index >= 15 is 0 Å². The van der Waals surface area contributed by atoms with Gasteiger partial charge in [-0.15, -0.1) is 0 Å². The smallest absolute Gasteiger partial charge is 0.167 e. The Hall–Kier alpha value is -3.11. The Morgan fingerprint density at radius 3 is 2.40 bits per heavy atom. The number of hydrogen-bond acceptors (Lipinski definition) is 3. The summed E-state index contributed by atoms with van der Waals surface area (Å²) < 4.78 is 13.4. The van der Waals surface area contributed by atoms with Crippen molar-refractivity contribution < 1.29 is 9.18 Å². The molecule has 4 heteroatoms. The molecule has 3 aromatic rings. The van der Waals surface area contributed by atoms with Gasteiger partial charge in [-0.25, -0.2) is 4.39 Å². The van der Waals surface area contributed by atoms with Crippen LogP contribution in [0.5, 0.6) is 0 Å². The molecule has 3 nitrogen and oxygen atoms in total. The van der Waals surface area contributed by atoms with Gasteiger partial charge in [0, 0.05) is 30.3 Å². The van der Waals surface area contributed by atoms with Crippen molar-refractivity contribution in [3.05, 3.63) is 107 Å². The monoisotopic (exact) mass is 400 g/mol. The Balaban J connectivity index is 1.81. The molecule has 0 saturated carbocycles. The van der Waals surface area contributed by atoms with Crippen LogP contribution in [-0.4, -0.2) is 22.2 Å². The standard InChI is InChI=1S/C26H25FN2O/c1-26(2)18-29(17-19-11-13-21(27)14-12-19)24(20-8-4-3-5-9-20)23(25(26)30)16-22-10-6-7-15-28-22/h3-16,24H,17-18H2,1-2H3/b23-16-. The summed E-state index contributed by atoms with van der Waals surface area (Å²) in [5.74, 6) is -0.111. The van der Waals surface area contributed by atoms with Crippen LogP contribution >= 0.6 is 0 Å². The Labute approximate surface area is 176 Å². The molecule has 1 fully saturated rings. The molecule has 0 amide bonds. The number of benzene rings is 2. The summed E-state index contributed by atoms with van der Waals surface area (Å²) in [7, 11) is 0. The maximum absolute atomic E-state index is 13.5. The third-order valence-electron chi connectivity index (χ3n) is 5.54. The fourth-order valence-electron chi connectivity index (χ4n) is 4.14. The summed E-state index contributed by atoms with van der Waals surface area (Å²) in [5, 5.41) is 0. The zero-order chi connectivity index (χ0) is 21.1. The molecule has 0 bridgehead atoms. The molecule has 1 aliphatic rings. The number of hydrogen-bond donors (Lipinski definition) is 0. The molecular weight excluding hydrogens is 375 g/mol. The van der Waals surface area contributed by atoms with Crippen LogP contribution in [0.3, 0.4) is 0 Å². The van der Waals surface area contributed by atoms with Gasteiger partial charge in [-0.05, 0) is 41.5 Å². The summed E-state index contributed by atoms with van der Waals surface area (Å²) in [6.07, 6.45) is 3.65. The number of ketones is 1. The minimum atomic E-state index is -0.536. The minimum absolute atomic E-state index is 0.136. The van der Waals surface area contributed by atoms with E-state index in [-0.39, 0.29) is 17.6 Å². The number of nitrogens with zero attached hydrogens (tertiary/aromatic N) is 2. The first-order valence-corrected chi connectivity index (χ1v) is 10.1. The first-order valence-electron chi connectivity index (χ1n) is 10.1. The maximum Gasteiger partial charge on any atom is 0.167 e. The Morgan fingerprint density at radius 1 is 1.03 bits per heavy atom. The lowest BCUT2D eigenvalue weighted by Crippen LogP contribution is -2.49. The average molecular weight is 400 g/mol. The van der Waals surface area contributed by atoms with E-state index in [1.807, 2.05) is 68.5 Å². The first-order chi connectivity index (χ1) is 14.4. The third-order valence-corrected chi connectivity index (χ3v) is 5.54. The number of carbonyl (C=O) groups is 1. The molecule has 0 spiro atoms. The molecule has 1 unspecified atom stereocenters. The van der Waals surface area contributed by atoms with Crippen molar-refractivity contribution in [2.45, 2.75) is 26.4 Å². The molecule has 30 heavy (non-hydrogen) atoms. The van der Waals surface area contributed by atoms with Crippen LogP contribution in [0.4, 0.5) is 4.39 Å². The van der Waals surface area contributed by atoms with Gasteiger partial charge in [0.2, 0.25) is 0 Å². The van der Waals surface area contributed by atoms with Crippen LogP contribution in [-0.2, 0) is 11.3 Å². The molecule has 1 saturated heterocycles. The first kappa shape index (κ1) is 20.2. The number of pyridine rings is 1. The minimum Gasteiger partial charge on any atom is -0.294 e. The van der Waals surface area contributed by atoms with Gasteiger partial charge in [0.1, 0.15) is 5.82 Å². The van der Waals surface area contributed by atoms with E-state index in [2.05, 4.69) is 22.0 Å². The van der Waals surface area contributed by atoms with Crippen LogP contribution in [0.15, 0.2) is 84.6 Å². The zero-order valence-electron chi connectivity index (χ0n) is 17.3. The molecule has 1 atom stereocenters. The van der Waals surface area contributed by atoms with Crippen LogP contribution in [0.1, 0.15) is 36.7 Å². The van der Waals surface area contributed by atoms with E-state index in [0.29, 0.717) is 13.1 Å². The molecule has 0 aliphatic carbocycles. The van der Waals surface area contributed by atoms with Crippen molar-refractivity contribution >= 4 is 11.9 Å². The molecule has 1 aliphatic heterocycles. The topological polar surface area (TPSA) is 33.2 Å². The fourth-order valence-corrected chi connectivity index (χ4v) is 4.14. The highest BCUT2D eigenvalue weighted by Gasteiger charge is 2.43. The highest BCUT2D eigenvalue weighted by atomic mass is 19.1. The third kappa shape index (κ3) is 4.24. The average Bonchev–Trinajstić information content (AvgIpc) is 2.75. The molecule has 0 radical (unpaired) electrons. The van der Waals surface area contributed by atoms with E-state index in [0.717, 1.165) is 22.4 Å². The highest BCUT2D eigenvalue weighted by molar-refractivity contribution is 6.05. The number of likely N-dealkylation sites (tertiary alicyclic amines) is 1. The number of carbonyl (C=O) groups excluding carboxylic acids is 1. The highest BCUT2D eigenvalue weighted by Crippen LogP contribution is 2.42. The van der Waals surface area contributed by atoms with Gasteiger partial charge in [0.15, 0.2) is 5.78 Å². The number of aromatic nitrogens is 1. The SMILES string of the molecule is CC1(C)CN(Cc2ccc(F)cc2)C(c2ccccc2)/C(=C/c2ccccn2)C1=O. The molecule has 1 aromatic heterocycles. The van der Waals surface area contributed by atoms with Gasteiger partial charge in [-0.1, -0.05) is 62.4 Å². The van der Waals surface area contributed by atoms with Crippen LogP contribution in [0, 0.1) is 11.2 Å². The van der Waals surface area contributed by atoms with E-state index in [4.69, 9.17) is 0 Å². The van der Waals surface area contributed by atoms with Crippen molar-refractivity contribution in [3.63, 3.8) is 0 Å². The van der Waals surface area contributed by atoms with Crippen LogP contribution < -0.4 is 0 Å². The van der Waals surface area contributed by atoms with Crippen molar-refractivity contribution in [2.75, 3.05) is 6.54 Å². The van der Waals surface area contributed by atoms with Gasteiger partial charge >= 0.3 is 0 Å². The summed E-state index contributed by atoms with van der Waals surface area (Å²) in [6.45, 7) is 5.21. The Bertz CT molecular complexity index is 1040. The lowest BCUT2D eigenvalue weighted by atomic mass is 9.74. The number of Topliss-reactive ketones (excluding diaryl/α,β-unsaturated/α-hetero) is 1. The van der Waals surface area contributed by atoms with Crippen molar-refractivity contribution in [1.82, 2.24) is 9.88 Å². The van der Waals surface area contributed by atoms with Crippen molar-refractivity contribution in [1.29, 1.82) is 0 Å². The van der Waals surface area contributed by atoms with Gasteiger partial charge < -0.3 is 0 Å². The lowest BCUT2D eigenvalue weighted by molar-refractivity contribution is -0.128. The Kier molecular flexibility index (Phi) is 5.60. The largest absolute Gasteiger partial charge is 0.294 e. The summed E-state index contributed by atoms with van der Waals surface area (Å²) >= 11 is 0. The van der Waals surface area contributed by atoms with Crippen LogP contribution in [0.25, 0.3) is 6.08 Å². The lowest BCUT2D eigenvalue weighted by Gasteiger charge is -2.44. The molecule has 2 aromatic carbocycles. The predicted octanol–water partition coefficient (Wildman–Crippen LogP) is 5.46. The van der Waals surface area contributed by atoms with E-state index < -0.39 is 5.41 Å². The van der Waals surface area contributed by atoms with Crippen molar-refractivity contribution in [2.24, 2.45) is 5.41 Å². The quantitative estimate of drug-likeness (QED) is 0.546. The van der Waals surface area contributed by atoms with Crippen molar-refractivity contribution in [3.8, 4) is 0 Å². The second-order valence-electron chi connectivity index (χ2n) is 8.41. The number of rotatable bonds is 4. The predicted molar refractivity (Wildman–Crippen MR) is 117 cm³/mol. The van der Waals surface area contributed by atoms with E-state index in [1.54, 1.807) is 6.20 Å². The number of piperidine rings is 1. The molecule has 2 heterocycles. The summed E-state index contributed by atoms with van der Waals surface area (Å²) in [6, 6.07) is 22.2. The summed E-state index contributed by atoms with van der Waals surface area (Å²) in [5.41, 5.74) is 3.04. The molecular formula is C26H25FN2O. The zero-order valence-corrected chi connectivity index (χ0v) is 17.3. The molecule has 152 valence electrons. The van der Waals surface area contributed by atoms with E-state index in [9.17, 15) is 9.18 Å². The second kappa shape index (κ2) is 8.33. The van der Waals surface area contributed by atoms with Crippen LogP contribution in [0.2, 0.25) is 0 Å².